The molecule has 0 bridgehead atoms. The fraction of sp³-hybridized carbons (Fsp3) is 0.333. The van der Waals surface area contributed by atoms with E-state index >= 15 is 0 Å². The van der Waals surface area contributed by atoms with Gasteiger partial charge in [0, 0.05) is 56.1 Å². The summed E-state index contributed by atoms with van der Waals surface area (Å²) in [5, 5.41) is 16.4. The van der Waals surface area contributed by atoms with Crippen LogP contribution in [-0.4, -0.2) is 67.9 Å². The standard InChI is InChI=1S/C21H20ClN5O3S/c22-17-2-1-13(7-16(17)19-23-4-6-31-19)8-25-9-14-11-26(12-15(14)10-25)21(30)27-5-3-18(24-27)20(28)29/h1-7,14-15H,8-12H2,(H,28,29)/t14-,15+. The summed E-state index contributed by atoms with van der Waals surface area (Å²) >= 11 is 7.95. The molecule has 31 heavy (non-hydrogen) atoms. The summed E-state index contributed by atoms with van der Waals surface area (Å²) in [6, 6.07) is 7.18. The third-order valence-corrected chi connectivity index (χ3v) is 7.07. The molecule has 1 N–H and O–H groups in total. The third kappa shape index (κ3) is 3.96. The molecule has 2 aliphatic rings. The molecule has 0 unspecified atom stereocenters. The Bertz CT molecular complexity index is 1120. The van der Waals surface area contributed by atoms with Gasteiger partial charge in [0.1, 0.15) is 5.01 Å². The quantitative estimate of drug-likeness (QED) is 0.645. The Balaban J connectivity index is 1.21. The van der Waals surface area contributed by atoms with Gasteiger partial charge in [-0.15, -0.1) is 11.3 Å². The van der Waals surface area contributed by atoms with E-state index in [1.807, 2.05) is 11.4 Å². The molecule has 2 atom stereocenters. The van der Waals surface area contributed by atoms with E-state index in [1.54, 1.807) is 22.4 Å². The maximum Gasteiger partial charge on any atom is 0.356 e. The smallest absolute Gasteiger partial charge is 0.356 e. The number of carbonyl (C=O) groups excluding carboxylic acids is 1. The molecule has 3 aromatic rings. The second kappa shape index (κ2) is 8.07. The van der Waals surface area contributed by atoms with Crippen molar-refractivity contribution in [3.8, 4) is 10.6 Å². The van der Waals surface area contributed by atoms with Gasteiger partial charge in [0.2, 0.25) is 0 Å². The molecule has 5 rings (SSSR count). The van der Waals surface area contributed by atoms with Gasteiger partial charge in [-0.1, -0.05) is 17.7 Å². The van der Waals surface area contributed by atoms with Crippen molar-refractivity contribution >= 4 is 34.9 Å². The first-order chi connectivity index (χ1) is 15.0. The molecule has 2 aromatic heterocycles. The summed E-state index contributed by atoms with van der Waals surface area (Å²) in [5.41, 5.74) is 2.03. The normalized spacial score (nSPS) is 20.9. The molecule has 1 aromatic carbocycles. The lowest BCUT2D eigenvalue weighted by molar-refractivity contribution is 0.0690. The van der Waals surface area contributed by atoms with Gasteiger partial charge < -0.3 is 10.0 Å². The molecule has 2 aliphatic heterocycles. The maximum absolute atomic E-state index is 12.7. The summed E-state index contributed by atoms with van der Waals surface area (Å²) < 4.78 is 1.12. The summed E-state index contributed by atoms with van der Waals surface area (Å²) in [7, 11) is 0. The van der Waals surface area contributed by atoms with Crippen molar-refractivity contribution in [3.05, 3.63) is 58.3 Å². The van der Waals surface area contributed by atoms with E-state index in [9.17, 15) is 9.59 Å². The highest BCUT2D eigenvalue weighted by molar-refractivity contribution is 7.13. The number of rotatable bonds is 4. The van der Waals surface area contributed by atoms with E-state index in [0.29, 0.717) is 29.9 Å². The van der Waals surface area contributed by atoms with Crippen LogP contribution in [0.5, 0.6) is 0 Å². The number of carboxylic acids is 1. The van der Waals surface area contributed by atoms with E-state index in [2.05, 4.69) is 27.1 Å². The number of amides is 1. The van der Waals surface area contributed by atoms with Crippen LogP contribution < -0.4 is 0 Å². The Morgan fingerprint density at radius 2 is 1.94 bits per heavy atom. The summed E-state index contributed by atoms with van der Waals surface area (Å²) in [4.78, 5) is 32.2. The highest BCUT2D eigenvalue weighted by Crippen LogP contribution is 2.34. The zero-order chi connectivity index (χ0) is 21.5. The van der Waals surface area contributed by atoms with Crippen LogP contribution in [0.25, 0.3) is 10.6 Å². The number of likely N-dealkylation sites (tertiary alicyclic amines) is 2. The van der Waals surface area contributed by atoms with Gasteiger partial charge in [0.05, 0.1) is 5.02 Å². The number of aromatic carboxylic acids is 1. The zero-order valence-corrected chi connectivity index (χ0v) is 18.1. The second-order valence-electron chi connectivity index (χ2n) is 8.00. The minimum atomic E-state index is -1.14. The lowest BCUT2D eigenvalue weighted by Gasteiger charge is -2.21. The Morgan fingerprint density at radius 3 is 2.58 bits per heavy atom. The Hall–Kier alpha value is -2.75. The van der Waals surface area contributed by atoms with E-state index < -0.39 is 5.97 Å². The summed E-state index contributed by atoms with van der Waals surface area (Å²) in [6.07, 6.45) is 3.19. The van der Waals surface area contributed by atoms with Crippen LogP contribution in [0, 0.1) is 11.8 Å². The molecule has 0 saturated carbocycles. The largest absolute Gasteiger partial charge is 0.476 e. The van der Waals surface area contributed by atoms with Gasteiger partial charge in [0.25, 0.3) is 0 Å². The lowest BCUT2D eigenvalue weighted by atomic mass is 10.0. The first kappa shape index (κ1) is 20.2. The molecule has 4 heterocycles. The number of carboxylic acid groups (broad SMARTS) is 1. The van der Waals surface area contributed by atoms with Crippen LogP contribution in [0.3, 0.4) is 0 Å². The predicted octanol–water partition coefficient (Wildman–Crippen LogP) is 3.39. The first-order valence-electron chi connectivity index (χ1n) is 9.97. The van der Waals surface area contributed by atoms with E-state index in [4.69, 9.17) is 16.7 Å². The number of fused-ring (bicyclic) bond motifs is 1. The highest BCUT2D eigenvalue weighted by atomic mass is 35.5. The molecule has 1 amide bonds. The SMILES string of the molecule is O=C(O)c1ccn(C(=O)N2C[C@H]3CN(Cc4ccc(Cl)c(-c5nccs5)c4)C[C@H]3C2)n1. The Kier molecular flexibility index (Phi) is 5.25. The first-order valence-corrected chi connectivity index (χ1v) is 11.2. The number of hydrogen-bond acceptors (Lipinski definition) is 6. The number of thiazole rings is 1. The molecule has 8 nitrogen and oxygen atoms in total. The molecular weight excluding hydrogens is 438 g/mol. The van der Waals surface area contributed by atoms with Crippen molar-refractivity contribution in [2.24, 2.45) is 11.8 Å². The maximum atomic E-state index is 12.7. The Morgan fingerprint density at radius 1 is 1.16 bits per heavy atom. The van der Waals surface area contributed by atoms with Gasteiger partial charge in [-0.2, -0.15) is 9.78 Å². The molecule has 160 valence electrons. The van der Waals surface area contributed by atoms with E-state index in [0.717, 1.165) is 34.9 Å². The van der Waals surface area contributed by atoms with Crippen LogP contribution in [0.1, 0.15) is 16.1 Å². The molecule has 0 radical (unpaired) electrons. The lowest BCUT2D eigenvalue weighted by Crippen LogP contribution is -2.36. The van der Waals surface area contributed by atoms with Crippen LogP contribution in [0.15, 0.2) is 42.0 Å². The number of hydrogen-bond donors (Lipinski definition) is 1. The van der Waals surface area contributed by atoms with E-state index in [-0.39, 0.29) is 11.7 Å². The molecule has 10 heteroatoms. The van der Waals surface area contributed by atoms with Gasteiger partial charge in [-0.25, -0.2) is 14.6 Å². The fourth-order valence-corrected chi connectivity index (χ4v) is 5.45. The number of nitrogens with zero attached hydrogens (tertiary/aromatic N) is 5. The monoisotopic (exact) mass is 457 g/mol. The molecule has 0 aliphatic carbocycles. The predicted molar refractivity (Wildman–Crippen MR) is 116 cm³/mol. The minimum Gasteiger partial charge on any atom is -0.476 e. The molecular formula is C21H20ClN5O3S. The van der Waals surface area contributed by atoms with Gasteiger partial charge in [0.15, 0.2) is 5.69 Å². The van der Waals surface area contributed by atoms with Crippen molar-refractivity contribution in [1.82, 2.24) is 24.6 Å². The van der Waals surface area contributed by atoms with Crippen molar-refractivity contribution in [2.75, 3.05) is 26.2 Å². The van der Waals surface area contributed by atoms with Crippen LogP contribution in [0.2, 0.25) is 5.02 Å². The summed E-state index contributed by atoms with van der Waals surface area (Å²) in [6.45, 7) is 3.99. The third-order valence-electron chi connectivity index (χ3n) is 5.94. The Labute approximate surface area is 187 Å². The molecule has 0 spiro atoms. The van der Waals surface area contributed by atoms with Crippen molar-refractivity contribution in [2.45, 2.75) is 6.54 Å². The van der Waals surface area contributed by atoms with Crippen LogP contribution in [-0.2, 0) is 6.54 Å². The van der Waals surface area contributed by atoms with Gasteiger partial charge in [-0.05, 0) is 35.6 Å². The van der Waals surface area contributed by atoms with Crippen LogP contribution in [0.4, 0.5) is 4.79 Å². The van der Waals surface area contributed by atoms with Crippen molar-refractivity contribution < 1.29 is 14.7 Å². The van der Waals surface area contributed by atoms with E-state index in [1.165, 1.54) is 17.8 Å². The highest BCUT2D eigenvalue weighted by Gasteiger charge is 2.42. The van der Waals surface area contributed by atoms with Gasteiger partial charge >= 0.3 is 12.0 Å². The average molecular weight is 458 g/mol. The van der Waals surface area contributed by atoms with Crippen molar-refractivity contribution in [3.63, 3.8) is 0 Å². The minimum absolute atomic E-state index is 0.126. The summed E-state index contributed by atoms with van der Waals surface area (Å²) in [5.74, 6) is -0.325. The second-order valence-corrected chi connectivity index (χ2v) is 9.31. The van der Waals surface area contributed by atoms with Gasteiger partial charge in [-0.3, -0.25) is 4.90 Å². The average Bonchev–Trinajstić information content (AvgIpc) is 3.52. The number of carbonyl (C=O) groups is 2. The number of halogens is 1. The number of benzene rings is 1. The fourth-order valence-electron chi connectivity index (χ4n) is 4.51. The van der Waals surface area contributed by atoms with Crippen molar-refractivity contribution in [1.29, 1.82) is 0 Å². The topological polar surface area (TPSA) is 91.6 Å². The molecule has 2 fully saturated rings. The molecule has 2 saturated heterocycles. The van der Waals surface area contributed by atoms with Crippen LogP contribution >= 0.6 is 22.9 Å². The number of aromatic nitrogens is 3. The zero-order valence-electron chi connectivity index (χ0n) is 16.5.